The summed E-state index contributed by atoms with van der Waals surface area (Å²) in [6.07, 6.45) is 0.304. The Morgan fingerprint density at radius 1 is 1.29 bits per heavy atom. The molecule has 1 aromatic carbocycles. The van der Waals surface area contributed by atoms with Crippen molar-refractivity contribution in [1.82, 2.24) is 5.32 Å². The highest BCUT2D eigenvalue weighted by atomic mass is 32.2. The van der Waals surface area contributed by atoms with Crippen LogP contribution < -0.4 is 15.8 Å². The van der Waals surface area contributed by atoms with Gasteiger partial charge in [-0.3, -0.25) is 4.79 Å². The van der Waals surface area contributed by atoms with Crippen LogP contribution in [0.4, 0.5) is 10.5 Å². The number of carbonyl (C=O) groups is 2. The number of nitrogens with one attached hydrogen (secondary N) is 2. The molecular weight excluding hydrogens is 298 g/mol. The molecule has 1 aromatic rings. The van der Waals surface area contributed by atoms with Crippen molar-refractivity contribution in [3.8, 4) is 0 Å². The number of carboxylic acid groups (broad SMARTS) is 1. The summed E-state index contributed by atoms with van der Waals surface area (Å²) in [6, 6.07) is 4.26. The first-order chi connectivity index (χ1) is 9.72. The standard InChI is InChI=1S/C12H17N3O5S/c1-2-8(7-11(16)17)14-12(18)15-9-3-5-10(6-4-9)21(13,19)20/h3-6,8H,2,7H2,1H3,(H,16,17)(H2,13,19,20)(H2,14,15,18). The highest BCUT2D eigenvalue weighted by Gasteiger charge is 2.14. The third-order valence-electron chi connectivity index (χ3n) is 2.69. The fourth-order valence-corrected chi connectivity index (χ4v) is 2.10. The third-order valence-corrected chi connectivity index (χ3v) is 3.62. The fraction of sp³-hybridized carbons (Fsp3) is 0.333. The van der Waals surface area contributed by atoms with Gasteiger partial charge in [0.25, 0.3) is 0 Å². The first-order valence-corrected chi connectivity index (χ1v) is 7.69. The number of amides is 2. The van der Waals surface area contributed by atoms with Crippen molar-refractivity contribution in [2.24, 2.45) is 5.14 Å². The smallest absolute Gasteiger partial charge is 0.319 e. The number of urea groups is 1. The molecule has 0 aliphatic heterocycles. The molecule has 1 atom stereocenters. The van der Waals surface area contributed by atoms with Crippen molar-refractivity contribution < 1.29 is 23.1 Å². The molecule has 0 aromatic heterocycles. The van der Waals surface area contributed by atoms with Crippen LogP contribution in [0.15, 0.2) is 29.2 Å². The number of hydrogen-bond acceptors (Lipinski definition) is 4. The molecule has 1 unspecified atom stereocenters. The molecule has 21 heavy (non-hydrogen) atoms. The lowest BCUT2D eigenvalue weighted by Gasteiger charge is -2.15. The second kappa shape index (κ2) is 7.04. The van der Waals surface area contributed by atoms with Crippen molar-refractivity contribution in [2.75, 3.05) is 5.32 Å². The summed E-state index contributed by atoms with van der Waals surface area (Å²) in [5, 5.41) is 18.6. The Bertz CT molecular complexity index is 612. The van der Waals surface area contributed by atoms with E-state index < -0.39 is 28.1 Å². The lowest BCUT2D eigenvalue weighted by atomic mass is 10.1. The van der Waals surface area contributed by atoms with E-state index >= 15 is 0 Å². The zero-order valence-corrected chi connectivity index (χ0v) is 12.2. The molecule has 8 nitrogen and oxygen atoms in total. The SMILES string of the molecule is CCC(CC(=O)O)NC(=O)Nc1ccc(S(N)(=O)=O)cc1. The van der Waals surface area contributed by atoms with Crippen LogP contribution in [0, 0.1) is 0 Å². The Kier molecular flexibility index (Phi) is 5.68. The van der Waals surface area contributed by atoms with Crippen LogP contribution in [0.1, 0.15) is 19.8 Å². The lowest BCUT2D eigenvalue weighted by molar-refractivity contribution is -0.137. The van der Waals surface area contributed by atoms with Gasteiger partial charge in [-0.2, -0.15) is 0 Å². The second-order valence-corrected chi connectivity index (χ2v) is 5.93. The van der Waals surface area contributed by atoms with Crippen molar-refractivity contribution >= 4 is 27.7 Å². The van der Waals surface area contributed by atoms with E-state index in [-0.39, 0.29) is 11.3 Å². The number of primary sulfonamides is 1. The number of rotatable bonds is 6. The predicted octanol–water partition coefficient (Wildman–Crippen LogP) is 0.709. The average molecular weight is 315 g/mol. The van der Waals surface area contributed by atoms with Gasteiger partial charge < -0.3 is 15.7 Å². The van der Waals surface area contributed by atoms with E-state index in [1.807, 2.05) is 0 Å². The largest absolute Gasteiger partial charge is 0.481 e. The number of aliphatic carboxylic acids is 1. The van der Waals surface area contributed by atoms with Gasteiger partial charge in [0, 0.05) is 11.7 Å². The second-order valence-electron chi connectivity index (χ2n) is 4.37. The summed E-state index contributed by atoms with van der Waals surface area (Å²) in [7, 11) is -3.78. The van der Waals surface area contributed by atoms with Gasteiger partial charge in [0.1, 0.15) is 0 Å². The van der Waals surface area contributed by atoms with Gasteiger partial charge in [-0.05, 0) is 30.7 Å². The molecule has 0 fully saturated rings. The number of carbonyl (C=O) groups excluding carboxylic acids is 1. The number of carboxylic acids is 1. The minimum atomic E-state index is -3.78. The van der Waals surface area contributed by atoms with Gasteiger partial charge in [-0.1, -0.05) is 6.92 Å². The van der Waals surface area contributed by atoms with E-state index in [4.69, 9.17) is 10.2 Å². The Labute approximate surface area is 122 Å². The van der Waals surface area contributed by atoms with Crippen molar-refractivity contribution in [3.63, 3.8) is 0 Å². The fourth-order valence-electron chi connectivity index (χ4n) is 1.59. The van der Waals surface area contributed by atoms with E-state index in [0.29, 0.717) is 12.1 Å². The van der Waals surface area contributed by atoms with Crippen LogP contribution in [-0.2, 0) is 14.8 Å². The number of nitrogens with two attached hydrogens (primary N) is 1. The van der Waals surface area contributed by atoms with Crippen LogP contribution in [0.25, 0.3) is 0 Å². The maximum Gasteiger partial charge on any atom is 0.319 e. The predicted molar refractivity (Wildman–Crippen MR) is 76.3 cm³/mol. The summed E-state index contributed by atoms with van der Waals surface area (Å²) < 4.78 is 22.2. The molecular formula is C12H17N3O5S. The maximum absolute atomic E-state index is 11.7. The van der Waals surface area contributed by atoms with Crippen molar-refractivity contribution in [2.45, 2.75) is 30.7 Å². The summed E-state index contributed by atoms with van der Waals surface area (Å²) in [5.74, 6) is -1.00. The third kappa shape index (κ3) is 5.79. The van der Waals surface area contributed by atoms with Crippen LogP contribution in [0.5, 0.6) is 0 Å². The summed E-state index contributed by atoms with van der Waals surface area (Å²) in [5.41, 5.74) is 0.366. The monoisotopic (exact) mass is 315 g/mol. The number of anilines is 1. The van der Waals surface area contributed by atoms with Crippen LogP contribution in [0.2, 0.25) is 0 Å². The first kappa shape index (κ1) is 16.9. The highest BCUT2D eigenvalue weighted by molar-refractivity contribution is 7.89. The lowest BCUT2D eigenvalue weighted by Crippen LogP contribution is -2.38. The summed E-state index contributed by atoms with van der Waals surface area (Å²) >= 11 is 0. The van der Waals surface area contributed by atoms with Crippen molar-refractivity contribution in [1.29, 1.82) is 0 Å². The van der Waals surface area contributed by atoms with Crippen molar-refractivity contribution in [3.05, 3.63) is 24.3 Å². The zero-order valence-electron chi connectivity index (χ0n) is 11.4. The van der Waals surface area contributed by atoms with Crippen LogP contribution in [0.3, 0.4) is 0 Å². The molecule has 0 bridgehead atoms. The van der Waals surface area contributed by atoms with Crippen LogP contribution in [-0.4, -0.2) is 31.6 Å². The van der Waals surface area contributed by atoms with Gasteiger partial charge in [-0.25, -0.2) is 18.4 Å². The Balaban J connectivity index is 2.64. The van der Waals surface area contributed by atoms with Gasteiger partial charge in [0.2, 0.25) is 10.0 Å². The van der Waals surface area contributed by atoms with E-state index in [2.05, 4.69) is 10.6 Å². The number of benzene rings is 1. The Morgan fingerprint density at radius 3 is 2.29 bits per heavy atom. The molecule has 0 saturated carbocycles. The van der Waals surface area contributed by atoms with Gasteiger partial charge in [0.05, 0.1) is 11.3 Å². The number of hydrogen-bond donors (Lipinski definition) is 4. The molecule has 0 aliphatic rings. The molecule has 0 radical (unpaired) electrons. The molecule has 1 rings (SSSR count). The summed E-state index contributed by atoms with van der Waals surface area (Å²) in [4.78, 5) is 22.2. The summed E-state index contributed by atoms with van der Waals surface area (Å²) in [6.45, 7) is 1.76. The molecule has 9 heteroatoms. The highest BCUT2D eigenvalue weighted by Crippen LogP contribution is 2.12. The first-order valence-electron chi connectivity index (χ1n) is 6.14. The van der Waals surface area contributed by atoms with E-state index in [9.17, 15) is 18.0 Å². The molecule has 0 heterocycles. The minimum absolute atomic E-state index is 0.0641. The van der Waals surface area contributed by atoms with Crippen LogP contribution >= 0.6 is 0 Å². The number of sulfonamides is 1. The topological polar surface area (TPSA) is 139 Å². The van der Waals surface area contributed by atoms with Gasteiger partial charge >= 0.3 is 12.0 Å². The van der Waals surface area contributed by atoms with Gasteiger partial charge in [0.15, 0.2) is 0 Å². The average Bonchev–Trinajstić information content (AvgIpc) is 2.36. The quantitative estimate of drug-likeness (QED) is 0.612. The Hall–Kier alpha value is -2.13. The zero-order chi connectivity index (χ0) is 16.0. The van der Waals surface area contributed by atoms with E-state index in [0.717, 1.165) is 0 Å². The molecule has 116 valence electrons. The minimum Gasteiger partial charge on any atom is -0.481 e. The van der Waals surface area contributed by atoms with E-state index in [1.54, 1.807) is 6.92 Å². The van der Waals surface area contributed by atoms with Gasteiger partial charge in [-0.15, -0.1) is 0 Å². The Morgan fingerprint density at radius 2 is 1.86 bits per heavy atom. The molecule has 5 N–H and O–H groups in total. The molecule has 0 saturated heterocycles. The van der Waals surface area contributed by atoms with E-state index in [1.165, 1.54) is 24.3 Å². The molecule has 0 spiro atoms. The molecule has 2 amide bonds. The maximum atomic E-state index is 11.7. The normalized spacial score (nSPS) is 12.5. The molecule has 0 aliphatic carbocycles.